The van der Waals surface area contributed by atoms with Crippen molar-refractivity contribution < 1.29 is 14.4 Å². The van der Waals surface area contributed by atoms with Gasteiger partial charge in [-0.15, -0.1) is 0 Å². The van der Waals surface area contributed by atoms with Gasteiger partial charge in [0.15, 0.2) is 0 Å². The number of hydrogen-bond donors (Lipinski definition) is 1. The molecule has 1 aliphatic heterocycles. The van der Waals surface area contributed by atoms with Gasteiger partial charge in [0.05, 0.1) is 27.6 Å². The summed E-state index contributed by atoms with van der Waals surface area (Å²) >= 11 is 11.9. The topological polar surface area (TPSA) is 66.5 Å². The van der Waals surface area contributed by atoms with Gasteiger partial charge >= 0.3 is 0 Å². The number of rotatable bonds is 3. The van der Waals surface area contributed by atoms with Gasteiger partial charge in [-0.1, -0.05) is 41.4 Å². The van der Waals surface area contributed by atoms with Crippen molar-refractivity contribution >= 4 is 46.6 Å². The minimum Gasteiger partial charge on any atom is -0.323 e. The maximum atomic E-state index is 12.5. The lowest BCUT2D eigenvalue weighted by Crippen LogP contribution is -2.39. The summed E-state index contributed by atoms with van der Waals surface area (Å²) in [6.45, 7) is -0.299. The highest BCUT2D eigenvalue weighted by Gasteiger charge is 2.59. The van der Waals surface area contributed by atoms with Gasteiger partial charge in [0.1, 0.15) is 6.54 Å². The summed E-state index contributed by atoms with van der Waals surface area (Å²) in [6, 6.07) is 4.87. The summed E-state index contributed by atoms with van der Waals surface area (Å²) in [7, 11) is 0. The Bertz CT molecular complexity index is 762. The molecule has 24 heavy (non-hydrogen) atoms. The first-order chi connectivity index (χ1) is 11.5. The van der Waals surface area contributed by atoms with Crippen LogP contribution in [-0.4, -0.2) is 29.2 Å². The number of nitrogens with one attached hydrogen (secondary N) is 1. The average molecular weight is 365 g/mol. The van der Waals surface area contributed by atoms with Gasteiger partial charge in [0.2, 0.25) is 17.7 Å². The Labute approximate surface area is 148 Å². The zero-order valence-corrected chi connectivity index (χ0v) is 14.1. The average Bonchev–Trinajstić information content (AvgIpc) is 3.22. The number of imide groups is 1. The summed E-state index contributed by atoms with van der Waals surface area (Å²) < 4.78 is 0. The molecule has 0 spiro atoms. The lowest BCUT2D eigenvalue weighted by Gasteiger charge is -2.17. The van der Waals surface area contributed by atoms with E-state index in [1.807, 2.05) is 12.2 Å². The Balaban J connectivity index is 1.48. The van der Waals surface area contributed by atoms with E-state index in [1.165, 1.54) is 0 Å². The van der Waals surface area contributed by atoms with Crippen LogP contribution in [0.5, 0.6) is 0 Å². The number of halogens is 2. The van der Waals surface area contributed by atoms with Gasteiger partial charge in [-0.3, -0.25) is 19.3 Å². The maximum Gasteiger partial charge on any atom is 0.244 e. The van der Waals surface area contributed by atoms with E-state index < -0.39 is 5.91 Å². The Morgan fingerprint density at radius 2 is 1.75 bits per heavy atom. The molecule has 1 heterocycles. The number of carbonyl (C=O) groups is 3. The highest BCUT2D eigenvalue weighted by Crippen LogP contribution is 2.52. The van der Waals surface area contributed by atoms with E-state index in [0.717, 1.165) is 11.3 Å². The highest BCUT2D eigenvalue weighted by molar-refractivity contribution is 6.44. The summed E-state index contributed by atoms with van der Waals surface area (Å²) in [4.78, 5) is 38.4. The Morgan fingerprint density at radius 1 is 1.12 bits per heavy atom. The van der Waals surface area contributed by atoms with Crippen molar-refractivity contribution in [3.63, 3.8) is 0 Å². The van der Waals surface area contributed by atoms with Gasteiger partial charge in [0, 0.05) is 0 Å². The number of allylic oxidation sites excluding steroid dienone is 2. The molecule has 3 aliphatic rings. The zero-order valence-electron chi connectivity index (χ0n) is 12.5. The fourth-order valence-corrected chi connectivity index (χ4v) is 4.40. The number of hydrogen-bond acceptors (Lipinski definition) is 3. The monoisotopic (exact) mass is 364 g/mol. The van der Waals surface area contributed by atoms with Gasteiger partial charge in [-0.2, -0.15) is 0 Å². The maximum absolute atomic E-state index is 12.5. The number of carbonyl (C=O) groups excluding carboxylic acids is 3. The van der Waals surface area contributed by atoms with Crippen LogP contribution in [0, 0.1) is 23.7 Å². The van der Waals surface area contributed by atoms with Crippen molar-refractivity contribution in [3.8, 4) is 0 Å². The first-order valence-electron chi connectivity index (χ1n) is 7.75. The Kier molecular flexibility index (Phi) is 3.66. The largest absolute Gasteiger partial charge is 0.323 e. The van der Waals surface area contributed by atoms with Crippen molar-refractivity contribution in [3.05, 3.63) is 40.4 Å². The molecular weight excluding hydrogens is 351 g/mol. The fourth-order valence-electron chi connectivity index (χ4n) is 4.05. The molecule has 2 fully saturated rings. The second-order valence-corrected chi connectivity index (χ2v) is 7.20. The van der Waals surface area contributed by atoms with E-state index in [9.17, 15) is 14.4 Å². The molecule has 124 valence electrons. The van der Waals surface area contributed by atoms with E-state index >= 15 is 0 Å². The second-order valence-electron chi connectivity index (χ2n) is 6.41. The van der Waals surface area contributed by atoms with Crippen LogP contribution in [0.4, 0.5) is 5.69 Å². The second kappa shape index (κ2) is 5.60. The lowest BCUT2D eigenvalue weighted by molar-refractivity contribution is -0.143. The van der Waals surface area contributed by atoms with Crippen LogP contribution in [0.15, 0.2) is 30.4 Å². The molecule has 2 aliphatic carbocycles. The van der Waals surface area contributed by atoms with Gasteiger partial charge in [-0.05, 0) is 30.4 Å². The molecule has 0 aromatic heterocycles. The predicted octanol–water partition coefficient (Wildman–Crippen LogP) is 2.74. The molecule has 4 atom stereocenters. The SMILES string of the molecule is O=C(CN1C(=O)[C@@H]2[C@H](C1=O)[C@H]1C=C[C@H]2C1)Nc1cccc(Cl)c1Cl. The number of likely N-dealkylation sites (tertiary alicyclic amines) is 1. The van der Waals surface area contributed by atoms with E-state index in [0.29, 0.717) is 10.7 Å². The van der Waals surface area contributed by atoms with Crippen molar-refractivity contribution in [1.82, 2.24) is 4.90 Å². The van der Waals surface area contributed by atoms with Crippen LogP contribution >= 0.6 is 23.2 Å². The van der Waals surface area contributed by atoms with Crippen molar-refractivity contribution in [2.24, 2.45) is 23.7 Å². The third-order valence-corrected chi connectivity index (χ3v) is 5.91. The molecule has 1 saturated heterocycles. The van der Waals surface area contributed by atoms with E-state index in [1.54, 1.807) is 18.2 Å². The normalized spacial score (nSPS) is 30.2. The standard InChI is InChI=1S/C17H14Cl2N2O3/c18-10-2-1-3-11(15(10)19)20-12(22)7-21-16(23)13-8-4-5-9(6-8)14(13)17(21)24/h1-5,8-9,13-14H,6-7H2,(H,20,22)/t8-,9-,13-,14+/m0/s1. The smallest absolute Gasteiger partial charge is 0.244 e. The molecule has 0 radical (unpaired) electrons. The number of anilines is 1. The summed E-state index contributed by atoms with van der Waals surface area (Å²) in [5.41, 5.74) is 0.357. The van der Waals surface area contributed by atoms with Crippen molar-refractivity contribution in [2.45, 2.75) is 6.42 Å². The predicted molar refractivity (Wildman–Crippen MR) is 89.5 cm³/mol. The van der Waals surface area contributed by atoms with Crippen LogP contribution in [0.2, 0.25) is 10.0 Å². The molecule has 7 heteroatoms. The van der Waals surface area contributed by atoms with Crippen LogP contribution in [-0.2, 0) is 14.4 Å². The molecule has 3 amide bonds. The minimum absolute atomic E-state index is 0.131. The number of nitrogens with zero attached hydrogens (tertiary/aromatic N) is 1. The van der Waals surface area contributed by atoms with Crippen LogP contribution < -0.4 is 5.32 Å². The van der Waals surface area contributed by atoms with E-state index in [2.05, 4.69) is 5.32 Å². The van der Waals surface area contributed by atoms with Crippen LogP contribution in [0.1, 0.15) is 6.42 Å². The molecule has 1 aromatic carbocycles. The number of amides is 3. The van der Waals surface area contributed by atoms with Gasteiger partial charge in [0.25, 0.3) is 0 Å². The number of fused-ring (bicyclic) bond motifs is 5. The molecule has 2 bridgehead atoms. The van der Waals surface area contributed by atoms with Crippen molar-refractivity contribution in [2.75, 3.05) is 11.9 Å². The lowest BCUT2D eigenvalue weighted by atomic mass is 9.85. The molecule has 5 nitrogen and oxygen atoms in total. The molecule has 0 unspecified atom stereocenters. The van der Waals surface area contributed by atoms with Crippen LogP contribution in [0.25, 0.3) is 0 Å². The quantitative estimate of drug-likeness (QED) is 0.662. The third-order valence-electron chi connectivity index (χ3n) is 5.09. The molecule has 1 N–H and O–H groups in total. The summed E-state index contributed by atoms with van der Waals surface area (Å²) in [5, 5.41) is 3.15. The fraction of sp³-hybridized carbons (Fsp3) is 0.353. The first kappa shape index (κ1) is 15.7. The summed E-state index contributed by atoms with van der Waals surface area (Å²) in [5.74, 6) is -1.28. The van der Waals surface area contributed by atoms with E-state index in [4.69, 9.17) is 23.2 Å². The van der Waals surface area contributed by atoms with E-state index in [-0.39, 0.29) is 47.1 Å². The van der Waals surface area contributed by atoms with Gasteiger partial charge in [-0.25, -0.2) is 0 Å². The summed E-state index contributed by atoms with van der Waals surface area (Å²) in [6.07, 6.45) is 4.91. The molecule has 1 saturated carbocycles. The first-order valence-corrected chi connectivity index (χ1v) is 8.50. The van der Waals surface area contributed by atoms with Crippen molar-refractivity contribution in [1.29, 1.82) is 0 Å². The molecule has 1 aromatic rings. The number of benzene rings is 1. The molecular formula is C17H14Cl2N2O3. The zero-order chi connectivity index (χ0) is 17.0. The van der Waals surface area contributed by atoms with Crippen LogP contribution in [0.3, 0.4) is 0 Å². The third kappa shape index (κ3) is 2.26. The highest BCUT2D eigenvalue weighted by atomic mass is 35.5. The Hall–Kier alpha value is -1.85. The Morgan fingerprint density at radius 3 is 2.38 bits per heavy atom. The molecule has 4 rings (SSSR count). The minimum atomic E-state index is -0.471. The van der Waals surface area contributed by atoms with Gasteiger partial charge < -0.3 is 5.32 Å².